The number of nitrogen functional groups attached to an aromatic ring is 1. The van der Waals surface area contributed by atoms with Gasteiger partial charge in [-0.3, -0.25) is 5.43 Å². The molecular formula is C9H14FN5O. The number of aromatic nitrogens is 2. The van der Waals surface area contributed by atoms with Gasteiger partial charge in [-0.2, -0.15) is 4.98 Å². The molecule has 0 amide bonds. The maximum atomic E-state index is 13.4. The van der Waals surface area contributed by atoms with Crippen LogP contribution in [0.5, 0.6) is 0 Å². The molecule has 88 valence electrons. The van der Waals surface area contributed by atoms with Gasteiger partial charge in [0.25, 0.3) is 0 Å². The van der Waals surface area contributed by atoms with Crippen molar-refractivity contribution in [2.45, 2.75) is 18.9 Å². The first-order valence-corrected chi connectivity index (χ1v) is 5.13. The minimum absolute atomic E-state index is 0.0868. The smallest absolute Gasteiger partial charge is 0.239 e. The summed E-state index contributed by atoms with van der Waals surface area (Å²) in [6, 6.07) is 0.0868. The second kappa shape index (κ2) is 5.04. The Kier molecular flexibility index (Phi) is 3.47. The van der Waals surface area contributed by atoms with Crippen LogP contribution in [0.2, 0.25) is 0 Å². The van der Waals surface area contributed by atoms with Gasteiger partial charge < -0.3 is 10.1 Å². The largest absolute Gasteiger partial charge is 0.379 e. The fourth-order valence-corrected chi connectivity index (χ4v) is 1.59. The van der Waals surface area contributed by atoms with E-state index in [9.17, 15) is 4.39 Å². The molecule has 0 radical (unpaired) electrons. The standard InChI is InChI=1S/C9H14FN5O/c10-7-4-12-9(15-11)14-8(7)13-6-2-1-3-16-5-6/h4,6H,1-3,5,11H2,(H2,12,13,14,15). The third-order valence-electron chi connectivity index (χ3n) is 2.37. The van der Waals surface area contributed by atoms with Crippen molar-refractivity contribution in [1.82, 2.24) is 9.97 Å². The van der Waals surface area contributed by atoms with Crippen LogP contribution in [0.4, 0.5) is 16.2 Å². The summed E-state index contributed by atoms with van der Waals surface area (Å²) in [6.45, 7) is 1.33. The number of nitrogens with one attached hydrogen (secondary N) is 2. The monoisotopic (exact) mass is 227 g/mol. The van der Waals surface area contributed by atoms with E-state index in [0.717, 1.165) is 25.6 Å². The first-order chi connectivity index (χ1) is 7.79. The highest BCUT2D eigenvalue weighted by Gasteiger charge is 2.16. The van der Waals surface area contributed by atoms with E-state index < -0.39 is 5.82 Å². The summed E-state index contributed by atoms with van der Waals surface area (Å²) in [7, 11) is 0. The van der Waals surface area contributed by atoms with Gasteiger partial charge in [0, 0.05) is 6.61 Å². The summed E-state index contributed by atoms with van der Waals surface area (Å²) in [5, 5.41) is 2.98. The normalized spacial score (nSPS) is 20.5. The molecule has 4 N–H and O–H groups in total. The average Bonchev–Trinajstić information content (AvgIpc) is 2.33. The molecule has 1 aromatic heterocycles. The van der Waals surface area contributed by atoms with Crippen molar-refractivity contribution < 1.29 is 9.13 Å². The number of nitrogens with zero attached hydrogens (tertiary/aromatic N) is 2. The van der Waals surface area contributed by atoms with E-state index in [4.69, 9.17) is 10.6 Å². The minimum atomic E-state index is -0.496. The summed E-state index contributed by atoms with van der Waals surface area (Å²) in [4.78, 5) is 7.55. The summed E-state index contributed by atoms with van der Waals surface area (Å²) >= 11 is 0. The van der Waals surface area contributed by atoms with E-state index in [0.29, 0.717) is 6.61 Å². The Labute approximate surface area is 92.4 Å². The lowest BCUT2D eigenvalue weighted by molar-refractivity contribution is 0.0874. The highest BCUT2D eigenvalue weighted by Crippen LogP contribution is 2.16. The predicted molar refractivity (Wildman–Crippen MR) is 57.3 cm³/mol. The molecule has 1 saturated heterocycles. The molecule has 1 fully saturated rings. The molecule has 6 nitrogen and oxygen atoms in total. The molecule has 1 unspecified atom stereocenters. The van der Waals surface area contributed by atoms with E-state index in [1.165, 1.54) is 0 Å². The van der Waals surface area contributed by atoms with Crippen LogP contribution in [-0.2, 0) is 4.74 Å². The van der Waals surface area contributed by atoms with Crippen molar-refractivity contribution in [2.24, 2.45) is 5.84 Å². The zero-order chi connectivity index (χ0) is 11.4. The molecule has 1 aliphatic rings. The van der Waals surface area contributed by atoms with Crippen LogP contribution in [0.15, 0.2) is 6.20 Å². The third kappa shape index (κ3) is 2.56. The van der Waals surface area contributed by atoms with E-state index in [2.05, 4.69) is 20.7 Å². The second-order valence-corrected chi connectivity index (χ2v) is 3.59. The van der Waals surface area contributed by atoms with Gasteiger partial charge in [-0.1, -0.05) is 0 Å². The van der Waals surface area contributed by atoms with Gasteiger partial charge in [-0.05, 0) is 12.8 Å². The quantitative estimate of drug-likeness (QED) is 0.515. The molecule has 0 saturated carbocycles. The number of anilines is 2. The SMILES string of the molecule is NNc1ncc(F)c(NC2CCCOC2)n1. The summed E-state index contributed by atoms with van der Waals surface area (Å²) < 4.78 is 18.6. The summed E-state index contributed by atoms with van der Waals surface area (Å²) in [6.07, 6.45) is 2.98. The van der Waals surface area contributed by atoms with Crippen LogP contribution in [0.25, 0.3) is 0 Å². The fraction of sp³-hybridized carbons (Fsp3) is 0.556. The molecule has 16 heavy (non-hydrogen) atoms. The third-order valence-corrected chi connectivity index (χ3v) is 2.37. The van der Waals surface area contributed by atoms with Crippen LogP contribution in [0, 0.1) is 5.82 Å². The number of halogens is 1. The Bertz CT molecular complexity index is 356. The van der Waals surface area contributed by atoms with Crippen LogP contribution >= 0.6 is 0 Å². The zero-order valence-corrected chi connectivity index (χ0v) is 8.74. The van der Waals surface area contributed by atoms with Gasteiger partial charge in [0.2, 0.25) is 5.95 Å². The summed E-state index contributed by atoms with van der Waals surface area (Å²) in [5.74, 6) is 4.99. The predicted octanol–water partition coefficient (Wildman–Crippen LogP) is 0.492. The highest BCUT2D eigenvalue weighted by atomic mass is 19.1. The van der Waals surface area contributed by atoms with Crippen molar-refractivity contribution in [3.63, 3.8) is 0 Å². The molecule has 2 rings (SSSR count). The lowest BCUT2D eigenvalue weighted by Crippen LogP contribution is -2.31. The molecule has 2 heterocycles. The van der Waals surface area contributed by atoms with Crippen molar-refractivity contribution in [3.05, 3.63) is 12.0 Å². The van der Waals surface area contributed by atoms with E-state index >= 15 is 0 Å². The van der Waals surface area contributed by atoms with E-state index in [1.54, 1.807) is 0 Å². The molecule has 0 bridgehead atoms. The molecular weight excluding hydrogens is 213 g/mol. The molecule has 0 spiro atoms. The van der Waals surface area contributed by atoms with Gasteiger partial charge in [0.1, 0.15) is 0 Å². The number of hydrazine groups is 1. The van der Waals surface area contributed by atoms with Crippen LogP contribution in [0.3, 0.4) is 0 Å². The molecule has 0 aliphatic carbocycles. The van der Waals surface area contributed by atoms with Gasteiger partial charge >= 0.3 is 0 Å². The number of hydrogen-bond donors (Lipinski definition) is 3. The van der Waals surface area contributed by atoms with E-state index in [1.807, 2.05) is 0 Å². The lowest BCUT2D eigenvalue weighted by atomic mass is 10.1. The average molecular weight is 227 g/mol. The Morgan fingerprint density at radius 2 is 2.44 bits per heavy atom. The van der Waals surface area contributed by atoms with Crippen molar-refractivity contribution in [3.8, 4) is 0 Å². The van der Waals surface area contributed by atoms with Crippen molar-refractivity contribution >= 4 is 11.8 Å². The Balaban J connectivity index is 2.06. The number of nitrogens with two attached hydrogens (primary N) is 1. The molecule has 1 aromatic rings. The van der Waals surface area contributed by atoms with Gasteiger partial charge in [-0.25, -0.2) is 15.2 Å². The maximum absolute atomic E-state index is 13.4. The fourth-order valence-electron chi connectivity index (χ4n) is 1.59. The van der Waals surface area contributed by atoms with Gasteiger partial charge in [0.05, 0.1) is 18.8 Å². The molecule has 1 aliphatic heterocycles. The zero-order valence-electron chi connectivity index (χ0n) is 8.74. The number of hydrogen-bond acceptors (Lipinski definition) is 6. The molecule has 7 heteroatoms. The van der Waals surface area contributed by atoms with Gasteiger partial charge in [-0.15, -0.1) is 0 Å². The van der Waals surface area contributed by atoms with Crippen molar-refractivity contribution in [1.29, 1.82) is 0 Å². The first-order valence-electron chi connectivity index (χ1n) is 5.13. The molecule has 0 aromatic carbocycles. The highest BCUT2D eigenvalue weighted by molar-refractivity contribution is 5.41. The van der Waals surface area contributed by atoms with Crippen LogP contribution in [-0.4, -0.2) is 29.2 Å². The minimum Gasteiger partial charge on any atom is -0.379 e. The second-order valence-electron chi connectivity index (χ2n) is 3.59. The Morgan fingerprint density at radius 1 is 1.56 bits per heavy atom. The Morgan fingerprint density at radius 3 is 3.12 bits per heavy atom. The van der Waals surface area contributed by atoms with Gasteiger partial charge in [0.15, 0.2) is 11.6 Å². The number of ether oxygens (including phenoxy) is 1. The topological polar surface area (TPSA) is 85.1 Å². The maximum Gasteiger partial charge on any atom is 0.239 e. The number of rotatable bonds is 3. The van der Waals surface area contributed by atoms with Crippen LogP contribution < -0.4 is 16.6 Å². The Hall–Kier alpha value is -1.47. The molecule has 1 atom stereocenters. The van der Waals surface area contributed by atoms with E-state index in [-0.39, 0.29) is 17.8 Å². The van der Waals surface area contributed by atoms with Crippen LogP contribution in [0.1, 0.15) is 12.8 Å². The lowest BCUT2D eigenvalue weighted by Gasteiger charge is -2.23. The summed E-state index contributed by atoms with van der Waals surface area (Å²) in [5.41, 5.74) is 2.27. The first kappa shape index (κ1) is 11.0. The van der Waals surface area contributed by atoms with Crippen molar-refractivity contribution in [2.75, 3.05) is 24.0 Å².